The molecule has 1 atom stereocenters. The molecule has 0 unspecified atom stereocenters. The van der Waals surface area contributed by atoms with Crippen molar-refractivity contribution in [2.24, 2.45) is 5.92 Å². The van der Waals surface area contributed by atoms with E-state index in [-0.39, 0.29) is 17.7 Å². The van der Waals surface area contributed by atoms with Crippen LogP contribution in [0, 0.1) is 19.8 Å². The van der Waals surface area contributed by atoms with Gasteiger partial charge in [0.25, 0.3) is 5.91 Å². The van der Waals surface area contributed by atoms with E-state index in [9.17, 15) is 9.59 Å². The number of pyridine rings is 1. The number of carbonyl (C=O) groups is 2. The quantitative estimate of drug-likeness (QED) is 0.665. The van der Waals surface area contributed by atoms with Gasteiger partial charge in [0.2, 0.25) is 5.91 Å². The first-order valence-electron chi connectivity index (χ1n) is 10.7. The highest BCUT2D eigenvalue weighted by atomic mass is 16.2. The number of benzene rings is 2. The molecule has 1 aromatic heterocycles. The summed E-state index contributed by atoms with van der Waals surface area (Å²) in [5.41, 5.74) is 5.40. The average molecular weight is 414 g/mol. The Bertz CT molecular complexity index is 1110. The van der Waals surface area contributed by atoms with Gasteiger partial charge in [-0.25, -0.2) is 4.98 Å². The topological polar surface area (TPSA) is 62.3 Å². The molecule has 158 valence electrons. The van der Waals surface area contributed by atoms with Gasteiger partial charge in [-0.05, 0) is 62.1 Å². The summed E-state index contributed by atoms with van der Waals surface area (Å²) in [7, 11) is 0. The van der Waals surface area contributed by atoms with E-state index in [2.05, 4.69) is 35.4 Å². The van der Waals surface area contributed by atoms with Gasteiger partial charge in [0, 0.05) is 24.5 Å². The summed E-state index contributed by atoms with van der Waals surface area (Å²) < 4.78 is 0. The molecule has 4 rings (SSSR count). The van der Waals surface area contributed by atoms with E-state index in [1.165, 1.54) is 5.56 Å². The Hall–Kier alpha value is -3.47. The molecule has 1 fully saturated rings. The zero-order chi connectivity index (χ0) is 21.8. The van der Waals surface area contributed by atoms with Crippen LogP contribution in [0.25, 0.3) is 11.1 Å². The first-order chi connectivity index (χ1) is 15.0. The van der Waals surface area contributed by atoms with E-state index in [1.807, 2.05) is 49.4 Å². The summed E-state index contributed by atoms with van der Waals surface area (Å²) in [6.07, 6.45) is 1.58. The minimum atomic E-state index is -0.231. The van der Waals surface area contributed by atoms with Crippen LogP contribution in [-0.4, -0.2) is 34.8 Å². The highest BCUT2D eigenvalue weighted by molar-refractivity contribution is 5.95. The molecule has 2 aromatic carbocycles. The molecule has 3 aromatic rings. The number of piperidine rings is 1. The van der Waals surface area contributed by atoms with Crippen LogP contribution in [0.1, 0.15) is 34.6 Å². The van der Waals surface area contributed by atoms with Crippen molar-refractivity contribution in [3.05, 3.63) is 83.7 Å². The molecule has 0 bridgehead atoms. The SMILES string of the molecule is Cc1cccc(-c2cccc(NC(=O)[C@H]3CCCN(C(=O)c4cccc(C)n4)C3)c2)c1. The van der Waals surface area contributed by atoms with Crippen molar-refractivity contribution in [3.8, 4) is 11.1 Å². The van der Waals surface area contributed by atoms with Gasteiger partial charge in [-0.15, -0.1) is 0 Å². The van der Waals surface area contributed by atoms with E-state index >= 15 is 0 Å². The fourth-order valence-electron chi connectivity index (χ4n) is 4.05. The van der Waals surface area contributed by atoms with Gasteiger partial charge in [0.05, 0.1) is 5.92 Å². The third kappa shape index (κ3) is 5.00. The number of carbonyl (C=O) groups excluding carboxylic acids is 2. The molecule has 2 amide bonds. The van der Waals surface area contributed by atoms with E-state index < -0.39 is 0 Å². The summed E-state index contributed by atoms with van der Waals surface area (Å²) in [4.78, 5) is 31.9. The first-order valence-corrected chi connectivity index (χ1v) is 10.7. The average Bonchev–Trinajstić information content (AvgIpc) is 2.79. The number of aromatic nitrogens is 1. The van der Waals surface area contributed by atoms with Gasteiger partial charge in [-0.3, -0.25) is 9.59 Å². The van der Waals surface area contributed by atoms with Crippen molar-refractivity contribution >= 4 is 17.5 Å². The van der Waals surface area contributed by atoms with Gasteiger partial charge in [0.15, 0.2) is 0 Å². The van der Waals surface area contributed by atoms with Crippen molar-refractivity contribution in [2.75, 3.05) is 18.4 Å². The number of hydrogen-bond acceptors (Lipinski definition) is 3. The van der Waals surface area contributed by atoms with Crippen LogP contribution in [0.5, 0.6) is 0 Å². The number of rotatable bonds is 4. The van der Waals surface area contributed by atoms with Crippen LogP contribution in [0.15, 0.2) is 66.7 Å². The highest BCUT2D eigenvalue weighted by Gasteiger charge is 2.29. The van der Waals surface area contributed by atoms with Gasteiger partial charge >= 0.3 is 0 Å². The summed E-state index contributed by atoms with van der Waals surface area (Å²) in [5, 5.41) is 3.05. The molecule has 1 aliphatic rings. The molecule has 2 heterocycles. The van der Waals surface area contributed by atoms with Crippen LogP contribution in [0.2, 0.25) is 0 Å². The van der Waals surface area contributed by atoms with E-state index in [0.29, 0.717) is 18.8 Å². The van der Waals surface area contributed by atoms with Crippen LogP contribution in [-0.2, 0) is 4.79 Å². The summed E-state index contributed by atoms with van der Waals surface area (Å²) in [5.74, 6) is -0.385. The number of nitrogens with one attached hydrogen (secondary N) is 1. The van der Waals surface area contributed by atoms with Crippen LogP contribution < -0.4 is 5.32 Å². The molecule has 5 heteroatoms. The van der Waals surface area contributed by atoms with Crippen molar-refractivity contribution in [2.45, 2.75) is 26.7 Å². The Labute approximate surface area is 183 Å². The predicted molar refractivity (Wildman–Crippen MR) is 123 cm³/mol. The lowest BCUT2D eigenvalue weighted by Crippen LogP contribution is -2.44. The molecule has 0 aliphatic carbocycles. The van der Waals surface area contributed by atoms with Crippen molar-refractivity contribution < 1.29 is 9.59 Å². The van der Waals surface area contributed by atoms with Gasteiger partial charge in [0.1, 0.15) is 5.69 Å². The molecule has 0 spiro atoms. The van der Waals surface area contributed by atoms with E-state index in [1.54, 1.807) is 11.0 Å². The molecule has 0 saturated carbocycles. The molecule has 5 nitrogen and oxygen atoms in total. The van der Waals surface area contributed by atoms with E-state index in [0.717, 1.165) is 35.3 Å². The van der Waals surface area contributed by atoms with Crippen LogP contribution in [0.4, 0.5) is 5.69 Å². The lowest BCUT2D eigenvalue weighted by atomic mass is 9.96. The minimum Gasteiger partial charge on any atom is -0.337 e. The Balaban J connectivity index is 1.44. The molecule has 1 saturated heterocycles. The van der Waals surface area contributed by atoms with Crippen molar-refractivity contribution in [1.29, 1.82) is 0 Å². The molecule has 0 radical (unpaired) electrons. The smallest absolute Gasteiger partial charge is 0.272 e. The van der Waals surface area contributed by atoms with Crippen molar-refractivity contribution in [3.63, 3.8) is 0 Å². The standard InChI is InChI=1S/C26H27N3O2/c1-18-7-3-9-20(15-18)21-10-5-12-23(16-21)28-25(30)22-11-6-14-29(17-22)26(31)24-13-4-8-19(2)27-24/h3-5,7-10,12-13,15-16,22H,6,11,14,17H2,1-2H3,(H,28,30)/t22-/m0/s1. The number of nitrogens with zero attached hydrogens (tertiary/aromatic N) is 2. The van der Waals surface area contributed by atoms with Gasteiger partial charge in [-0.1, -0.05) is 48.0 Å². The zero-order valence-corrected chi connectivity index (χ0v) is 18.0. The first kappa shape index (κ1) is 20.8. The second-order valence-corrected chi connectivity index (χ2v) is 8.19. The van der Waals surface area contributed by atoms with Gasteiger partial charge in [-0.2, -0.15) is 0 Å². The zero-order valence-electron chi connectivity index (χ0n) is 18.0. The summed E-state index contributed by atoms with van der Waals surface area (Å²) in [6, 6.07) is 21.6. The Morgan fingerprint density at radius 2 is 1.71 bits per heavy atom. The lowest BCUT2D eigenvalue weighted by molar-refractivity contribution is -0.121. The second-order valence-electron chi connectivity index (χ2n) is 8.19. The molecule has 1 aliphatic heterocycles. The Morgan fingerprint density at radius 3 is 2.48 bits per heavy atom. The lowest BCUT2D eigenvalue weighted by Gasteiger charge is -2.32. The minimum absolute atomic E-state index is 0.0453. The van der Waals surface area contributed by atoms with Crippen LogP contribution >= 0.6 is 0 Å². The van der Waals surface area contributed by atoms with Crippen LogP contribution in [0.3, 0.4) is 0 Å². The maximum absolute atomic E-state index is 13.0. The number of amides is 2. The number of aryl methyl sites for hydroxylation is 2. The molecular formula is C26H27N3O2. The predicted octanol–water partition coefficient (Wildman–Crippen LogP) is 4.86. The second kappa shape index (κ2) is 9.13. The van der Waals surface area contributed by atoms with E-state index in [4.69, 9.17) is 0 Å². The molecular weight excluding hydrogens is 386 g/mol. The maximum Gasteiger partial charge on any atom is 0.272 e. The normalized spacial score (nSPS) is 16.1. The summed E-state index contributed by atoms with van der Waals surface area (Å²) >= 11 is 0. The maximum atomic E-state index is 13.0. The number of anilines is 1. The fourth-order valence-corrected chi connectivity index (χ4v) is 4.05. The largest absolute Gasteiger partial charge is 0.337 e. The molecule has 1 N–H and O–H groups in total. The Morgan fingerprint density at radius 1 is 0.968 bits per heavy atom. The van der Waals surface area contributed by atoms with Crippen molar-refractivity contribution in [1.82, 2.24) is 9.88 Å². The van der Waals surface area contributed by atoms with Gasteiger partial charge < -0.3 is 10.2 Å². The fraction of sp³-hybridized carbons (Fsp3) is 0.269. The highest BCUT2D eigenvalue weighted by Crippen LogP contribution is 2.25. The molecule has 31 heavy (non-hydrogen) atoms. The summed E-state index contributed by atoms with van der Waals surface area (Å²) in [6.45, 7) is 5.00. The Kier molecular flexibility index (Phi) is 6.12. The number of hydrogen-bond donors (Lipinski definition) is 1. The monoisotopic (exact) mass is 413 g/mol. The number of likely N-dealkylation sites (tertiary alicyclic amines) is 1. The third-order valence-electron chi connectivity index (χ3n) is 5.67. The third-order valence-corrected chi connectivity index (χ3v) is 5.67.